The van der Waals surface area contributed by atoms with Crippen LogP contribution in [0.5, 0.6) is 0 Å². The fraction of sp³-hybridized carbons (Fsp3) is 0.438. The van der Waals surface area contributed by atoms with E-state index in [0.29, 0.717) is 12.3 Å². The second-order valence-corrected chi connectivity index (χ2v) is 5.78. The molecule has 0 spiro atoms. The molecule has 1 saturated heterocycles. The maximum absolute atomic E-state index is 12.6. The molecule has 1 aliphatic heterocycles. The smallest absolute Gasteiger partial charge is 0.289 e. The van der Waals surface area contributed by atoms with Crippen LogP contribution in [0.4, 0.5) is 0 Å². The molecule has 1 aliphatic rings. The van der Waals surface area contributed by atoms with E-state index >= 15 is 0 Å². The van der Waals surface area contributed by atoms with Gasteiger partial charge < -0.3 is 15.1 Å². The zero-order chi connectivity index (χ0) is 14.3. The lowest BCUT2D eigenvalue weighted by atomic mass is 9.99. The van der Waals surface area contributed by atoms with Crippen molar-refractivity contribution in [3.05, 3.63) is 35.6 Å². The molecule has 2 N–H and O–H groups in total. The Labute approximate surface area is 118 Å². The first-order valence-electron chi connectivity index (χ1n) is 7.11. The van der Waals surface area contributed by atoms with Gasteiger partial charge in [-0.05, 0) is 44.9 Å². The van der Waals surface area contributed by atoms with Crippen molar-refractivity contribution in [2.75, 3.05) is 6.54 Å². The minimum Gasteiger partial charge on any atom is -0.451 e. The van der Waals surface area contributed by atoms with Crippen LogP contribution < -0.4 is 5.73 Å². The zero-order valence-electron chi connectivity index (χ0n) is 11.9. The van der Waals surface area contributed by atoms with Crippen molar-refractivity contribution in [3.63, 3.8) is 0 Å². The number of amides is 1. The lowest BCUT2D eigenvalue weighted by Crippen LogP contribution is -2.48. The first-order chi connectivity index (χ1) is 9.54. The number of hydrogen-bond donors (Lipinski definition) is 1. The second-order valence-electron chi connectivity index (χ2n) is 5.78. The summed E-state index contributed by atoms with van der Waals surface area (Å²) in [6.45, 7) is 4.78. The van der Waals surface area contributed by atoms with E-state index in [2.05, 4.69) is 0 Å². The second kappa shape index (κ2) is 4.94. The van der Waals surface area contributed by atoms with E-state index in [9.17, 15) is 4.79 Å². The molecule has 1 aromatic heterocycles. The molecule has 2 atom stereocenters. The van der Waals surface area contributed by atoms with Crippen LogP contribution in [0, 0.1) is 6.92 Å². The number of likely N-dealkylation sites (tertiary alicyclic amines) is 1. The summed E-state index contributed by atoms with van der Waals surface area (Å²) in [5.41, 5.74) is 7.87. The molecule has 1 fully saturated rings. The third-order valence-electron chi connectivity index (χ3n) is 4.06. The maximum Gasteiger partial charge on any atom is 0.289 e. The van der Waals surface area contributed by atoms with E-state index in [0.717, 1.165) is 29.4 Å². The molecule has 20 heavy (non-hydrogen) atoms. The van der Waals surface area contributed by atoms with Gasteiger partial charge in [-0.3, -0.25) is 4.79 Å². The summed E-state index contributed by atoms with van der Waals surface area (Å²) in [5.74, 6) is 0.395. The van der Waals surface area contributed by atoms with Gasteiger partial charge in [-0.15, -0.1) is 0 Å². The first kappa shape index (κ1) is 13.2. The fourth-order valence-corrected chi connectivity index (χ4v) is 2.92. The van der Waals surface area contributed by atoms with Crippen molar-refractivity contribution < 1.29 is 9.21 Å². The van der Waals surface area contributed by atoms with Crippen molar-refractivity contribution in [2.24, 2.45) is 5.73 Å². The number of nitrogens with two attached hydrogens (primary N) is 1. The molecule has 4 heteroatoms. The van der Waals surface area contributed by atoms with Crippen LogP contribution >= 0.6 is 0 Å². The van der Waals surface area contributed by atoms with Crippen molar-refractivity contribution >= 4 is 16.9 Å². The predicted molar refractivity (Wildman–Crippen MR) is 78.7 cm³/mol. The summed E-state index contributed by atoms with van der Waals surface area (Å²) in [4.78, 5) is 14.4. The van der Waals surface area contributed by atoms with Crippen molar-refractivity contribution in [1.29, 1.82) is 0 Å². The number of carbonyl (C=O) groups excluding carboxylic acids is 1. The Bertz CT molecular complexity index is 647. The summed E-state index contributed by atoms with van der Waals surface area (Å²) in [6.07, 6.45) is 1.71. The predicted octanol–water partition coefficient (Wildman–Crippen LogP) is 2.69. The molecule has 3 rings (SSSR count). The Kier molecular flexibility index (Phi) is 3.26. The van der Waals surface area contributed by atoms with Gasteiger partial charge in [0.05, 0.1) is 0 Å². The number of carbonyl (C=O) groups is 1. The highest BCUT2D eigenvalue weighted by Crippen LogP contribution is 2.24. The molecular formula is C16H20N2O2. The van der Waals surface area contributed by atoms with Crippen molar-refractivity contribution in [3.8, 4) is 0 Å². The number of aryl methyl sites for hydroxylation is 1. The van der Waals surface area contributed by atoms with E-state index in [1.807, 2.05) is 43.0 Å². The molecule has 4 nitrogen and oxygen atoms in total. The molecule has 2 aromatic rings. The standard InChI is InChI=1S/C16H20N2O2/c1-10-3-4-14-12(7-10)9-15(20-14)16(19)18-6-5-13(17)8-11(18)2/h3-4,7,9,11,13H,5-6,8,17H2,1-2H3. The van der Waals surface area contributed by atoms with Crippen LogP contribution in [-0.2, 0) is 0 Å². The molecule has 0 radical (unpaired) electrons. The summed E-state index contributed by atoms with van der Waals surface area (Å²) < 4.78 is 5.69. The van der Waals surface area contributed by atoms with Crippen molar-refractivity contribution in [1.82, 2.24) is 4.90 Å². The lowest BCUT2D eigenvalue weighted by Gasteiger charge is -2.35. The van der Waals surface area contributed by atoms with Crippen molar-refractivity contribution in [2.45, 2.75) is 38.8 Å². The summed E-state index contributed by atoms with van der Waals surface area (Å²) >= 11 is 0. The van der Waals surface area contributed by atoms with E-state index < -0.39 is 0 Å². The van der Waals surface area contributed by atoms with Gasteiger partial charge in [0.1, 0.15) is 5.58 Å². The van der Waals surface area contributed by atoms with Crippen LogP contribution in [0.1, 0.15) is 35.9 Å². The highest BCUT2D eigenvalue weighted by molar-refractivity contribution is 5.96. The van der Waals surface area contributed by atoms with Gasteiger partial charge in [0.15, 0.2) is 5.76 Å². The number of piperidine rings is 1. The molecule has 1 aromatic carbocycles. The van der Waals surface area contributed by atoms with E-state index in [4.69, 9.17) is 10.2 Å². The van der Waals surface area contributed by atoms with E-state index in [1.54, 1.807) is 0 Å². The highest BCUT2D eigenvalue weighted by atomic mass is 16.3. The largest absolute Gasteiger partial charge is 0.451 e. The van der Waals surface area contributed by atoms with Gasteiger partial charge in [-0.25, -0.2) is 0 Å². The van der Waals surface area contributed by atoms with E-state index in [1.165, 1.54) is 0 Å². The minimum absolute atomic E-state index is 0.0294. The first-order valence-corrected chi connectivity index (χ1v) is 7.11. The Morgan fingerprint density at radius 3 is 2.95 bits per heavy atom. The van der Waals surface area contributed by atoms with Crippen LogP contribution in [-0.4, -0.2) is 29.4 Å². The van der Waals surface area contributed by atoms with Gasteiger partial charge in [0.2, 0.25) is 0 Å². The van der Waals surface area contributed by atoms with Gasteiger partial charge in [0, 0.05) is 24.0 Å². The summed E-state index contributed by atoms with van der Waals surface area (Å²) in [6, 6.07) is 8.14. The van der Waals surface area contributed by atoms with E-state index in [-0.39, 0.29) is 18.0 Å². The molecule has 0 saturated carbocycles. The zero-order valence-corrected chi connectivity index (χ0v) is 11.9. The van der Waals surface area contributed by atoms with Gasteiger partial charge in [0.25, 0.3) is 5.91 Å². The molecule has 106 valence electrons. The van der Waals surface area contributed by atoms with Crippen LogP contribution in [0.15, 0.2) is 28.7 Å². The molecule has 2 heterocycles. The average Bonchev–Trinajstić information content (AvgIpc) is 2.81. The maximum atomic E-state index is 12.6. The Morgan fingerprint density at radius 1 is 1.40 bits per heavy atom. The summed E-state index contributed by atoms with van der Waals surface area (Å²) in [7, 11) is 0. The number of rotatable bonds is 1. The molecule has 1 amide bonds. The number of hydrogen-bond acceptors (Lipinski definition) is 3. The fourth-order valence-electron chi connectivity index (χ4n) is 2.92. The quantitative estimate of drug-likeness (QED) is 0.868. The van der Waals surface area contributed by atoms with Crippen LogP contribution in [0.3, 0.4) is 0 Å². The molecule has 2 unspecified atom stereocenters. The number of benzene rings is 1. The molecule has 0 bridgehead atoms. The third kappa shape index (κ3) is 2.31. The summed E-state index contributed by atoms with van der Waals surface area (Å²) in [5, 5.41) is 0.981. The van der Waals surface area contributed by atoms with Gasteiger partial charge in [-0.2, -0.15) is 0 Å². The highest BCUT2D eigenvalue weighted by Gasteiger charge is 2.29. The number of nitrogens with zero attached hydrogens (tertiary/aromatic N) is 1. The monoisotopic (exact) mass is 272 g/mol. The Morgan fingerprint density at radius 2 is 2.20 bits per heavy atom. The topological polar surface area (TPSA) is 59.5 Å². The molecule has 0 aliphatic carbocycles. The SMILES string of the molecule is Cc1ccc2oc(C(=O)N3CCC(N)CC3C)cc2c1. The van der Waals surface area contributed by atoms with Gasteiger partial charge in [-0.1, -0.05) is 11.6 Å². The Balaban J connectivity index is 1.88. The van der Waals surface area contributed by atoms with Gasteiger partial charge >= 0.3 is 0 Å². The normalized spacial score (nSPS) is 23.2. The van der Waals surface area contributed by atoms with Crippen LogP contribution in [0.25, 0.3) is 11.0 Å². The number of furan rings is 1. The Hall–Kier alpha value is -1.81. The number of fused-ring (bicyclic) bond motifs is 1. The van der Waals surface area contributed by atoms with Crippen LogP contribution in [0.2, 0.25) is 0 Å². The third-order valence-corrected chi connectivity index (χ3v) is 4.06. The lowest BCUT2D eigenvalue weighted by molar-refractivity contribution is 0.0589. The average molecular weight is 272 g/mol. The minimum atomic E-state index is -0.0294. The molecular weight excluding hydrogens is 252 g/mol.